The van der Waals surface area contributed by atoms with Crippen LogP contribution in [0.25, 0.3) is 22.2 Å². The number of aromatic amines is 1. The van der Waals surface area contributed by atoms with Crippen LogP contribution < -0.4 is 0 Å². The van der Waals surface area contributed by atoms with Crippen LogP contribution in [0.1, 0.15) is 5.56 Å². The van der Waals surface area contributed by atoms with Crippen molar-refractivity contribution in [1.29, 1.82) is 0 Å². The molecular formula is C14H11FN2. The van der Waals surface area contributed by atoms with Gasteiger partial charge in [-0.05, 0) is 47.9 Å². The molecule has 0 saturated carbocycles. The molecule has 3 heteroatoms. The predicted molar refractivity (Wildman–Crippen MR) is 66.2 cm³/mol. The lowest BCUT2D eigenvalue weighted by Crippen LogP contribution is -1.83. The third kappa shape index (κ3) is 1.69. The lowest BCUT2D eigenvalue weighted by atomic mass is 10.0. The van der Waals surface area contributed by atoms with Gasteiger partial charge in [0.1, 0.15) is 5.82 Å². The Morgan fingerprint density at radius 1 is 1.06 bits per heavy atom. The number of hydrogen-bond acceptors (Lipinski definition) is 1. The summed E-state index contributed by atoms with van der Waals surface area (Å²) in [6.45, 7) is 2.02. The molecule has 2 nitrogen and oxygen atoms in total. The number of fused-ring (bicyclic) bond motifs is 1. The summed E-state index contributed by atoms with van der Waals surface area (Å²) < 4.78 is 12.9. The van der Waals surface area contributed by atoms with Gasteiger partial charge in [0.15, 0.2) is 0 Å². The molecule has 84 valence electrons. The van der Waals surface area contributed by atoms with Crippen LogP contribution in [0.4, 0.5) is 4.39 Å². The number of halogens is 1. The Hall–Kier alpha value is -2.16. The average Bonchev–Trinajstić information content (AvgIpc) is 2.78. The first-order chi connectivity index (χ1) is 8.24. The van der Waals surface area contributed by atoms with Crippen molar-refractivity contribution >= 4 is 11.0 Å². The van der Waals surface area contributed by atoms with Gasteiger partial charge in [0, 0.05) is 0 Å². The van der Waals surface area contributed by atoms with E-state index < -0.39 is 0 Å². The Labute approximate surface area is 98.1 Å². The van der Waals surface area contributed by atoms with E-state index in [9.17, 15) is 4.39 Å². The fourth-order valence-electron chi connectivity index (χ4n) is 2.04. The average molecular weight is 226 g/mol. The lowest BCUT2D eigenvalue weighted by molar-refractivity contribution is 0.628. The number of H-pyrrole nitrogens is 1. The molecule has 2 aromatic carbocycles. The van der Waals surface area contributed by atoms with Crippen LogP contribution in [0.15, 0.2) is 42.7 Å². The Morgan fingerprint density at radius 3 is 2.59 bits per heavy atom. The summed E-state index contributed by atoms with van der Waals surface area (Å²) in [5, 5.41) is 0. The topological polar surface area (TPSA) is 28.7 Å². The van der Waals surface area contributed by atoms with Crippen LogP contribution in [0.5, 0.6) is 0 Å². The van der Waals surface area contributed by atoms with Crippen LogP contribution in [0.3, 0.4) is 0 Å². The first kappa shape index (κ1) is 10.0. The summed E-state index contributed by atoms with van der Waals surface area (Å²) in [4.78, 5) is 7.35. The highest BCUT2D eigenvalue weighted by Crippen LogP contribution is 2.25. The molecule has 0 aliphatic carbocycles. The SMILES string of the molecule is Cc1cc(-c2ccc(F)cc2)cc2[nH]cnc12. The minimum Gasteiger partial charge on any atom is -0.345 e. The fraction of sp³-hybridized carbons (Fsp3) is 0.0714. The van der Waals surface area contributed by atoms with E-state index in [1.807, 2.05) is 13.0 Å². The van der Waals surface area contributed by atoms with Crippen molar-refractivity contribution in [3.05, 3.63) is 54.1 Å². The minimum atomic E-state index is -0.215. The molecule has 0 amide bonds. The maximum atomic E-state index is 12.9. The number of nitrogens with one attached hydrogen (secondary N) is 1. The van der Waals surface area contributed by atoms with Gasteiger partial charge >= 0.3 is 0 Å². The Bertz CT molecular complexity index is 668. The second-order valence-electron chi connectivity index (χ2n) is 4.10. The first-order valence-corrected chi connectivity index (χ1v) is 5.44. The van der Waals surface area contributed by atoms with E-state index in [0.29, 0.717) is 0 Å². The minimum absolute atomic E-state index is 0.215. The molecule has 17 heavy (non-hydrogen) atoms. The van der Waals surface area contributed by atoms with E-state index in [1.54, 1.807) is 18.5 Å². The van der Waals surface area contributed by atoms with Crippen molar-refractivity contribution in [2.75, 3.05) is 0 Å². The van der Waals surface area contributed by atoms with Crippen LogP contribution >= 0.6 is 0 Å². The van der Waals surface area contributed by atoms with Gasteiger partial charge in [0.05, 0.1) is 17.4 Å². The maximum Gasteiger partial charge on any atom is 0.123 e. The molecule has 0 atom stereocenters. The third-order valence-electron chi connectivity index (χ3n) is 2.89. The smallest absolute Gasteiger partial charge is 0.123 e. The number of imidazole rings is 1. The van der Waals surface area contributed by atoms with Crippen molar-refractivity contribution in [2.24, 2.45) is 0 Å². The van der Waals surface area contributed by atoms with E-state index >= 15 is 0 Å². The highest BCUT2D eigenvalue weighted by Gasteiger charge is 2.04. The largest absolute Gasteiger partial charge is 0.345 e. The zero-order valence-electron chi connectivity index (χ0n) is 9.37. The van der Waals surface area contributed by atoms with E-state index in [4.69, 9.17) is 0 Å². The Balaban J connectivity index is 2.20. The van der Waals surface area contributed by atoms with Gasteiger partial charge < -0.3 is 4.98 Å². The summed E-state index contributed by atoms with van der Waals surface area (Å²) in [5.41, 5.74) is 5.17. The third-order valence-corrected chi connectivity index (χ3v) is 2.89. The lowest BCUT2D eigenvalue weighted by Gasteiger charge is -2.04. The van der Waals surface area contributed by atoms with Crippen LogP contribution in [-0.2, 0) is 0 Å². The van der Waals surface area contributed by atoms with Crippen molar-refractivity contribution in [1.82, 2.24) is 9.97 Å². The summed E-state index contributed by atoms with van der Waals surface area (Å²) >= 11 is 0. The highest BCUT2D eigenvalue weighted by atomic mass is 19.1. The van der Waals surface area contributed by atoms with Gasteiger partial charge in [-0.2, -0.15) is 0 Å². The molecule has 1 N–H and O–H groups in total. The van der Waals surface area contributed by atoms with Crippen LogP contribution in [0.2, 0.25) is 0 Å². The molecular weight excluding hydrogens is 215 g/mol. The molecule has 3 rings (SSSR count). The van der Waals surface area contributed by atoms with Gasteiger partial charge in [0.25, 0.3) is 0 Å². The van der Waals surface area contributed by atoms with Crippen molar-refractivity contribution in [3.8, 4) is 11.1 Å². The Kier molecular flexibility index (Phi) is 2.18. The molecule has 1 aromatic heterocycles. The number of hydrogen-bond donors (Lipinski definition) is 1. The van der Waals surface area contributed by atoms with Gasteiger partial charge in [-0.3, -0.25) is 0 Å². The normalized spacial score (nSPS) is 10.9. The molecule has 0 fully saturated rings. The van der Waals surface area contributed by atoms with Crippen molar-refractivity contribution in [2.45, 2.75) is 6.92 Å². The number of aromatic nitrogens is 2. The van der Waals surface area contributed by atoms with Gasteiger partial charge in [-0.25, -0.2) is 9.37 Å². The predicted octanol–water partition coefficient (Wildman–Crippen LogP) is 3.68. The molecule has 0 saturated heterocycles. The zero-order valence-corrected chi connectivity index (χ0v) is 9.37. The van der Waals surface area contributed by atoms with Crippen molar-refractivity contribution < 1.29 is 4.39 Å². The second kappa shape index (κ2) is 3.70. The summed E-state index contributed by atoms with van der Waals surface area (Å²) in [6, 6.07) is 10.6. The maximum absolute atomic E-state index is 12.9. The molecule has 0 spiro atoms. The summed E-state index contributed by atoms with van der Waals surface area (Å²) in [6.07, 6.45) is 1.69. The van der Waals surface area contributed by atoms with E-state index in [0.717, 1.165) is 27.7 Å². The molecule has 3 aromatic rings. The van der Waals surface area contributed by atoms with Gasteiger partial charge in [-0.15, -0.1) is 0 Å². The van der Waals surface area contributed by atoms with E-state index in [2.05, 4.69) is 16.0 Å². The van der Waals surface area contributed by atoms with Crippen molar-refractivity contribution in [3.63, 3.8) is 0 Å². The monoisotopic (exact) mass is 226 g/mol. The zero-order chi connectivity index (χ0) is 11.8. The Morgan fingerprint density at radius 2 is 1.82 bits per heavy atom. The molecule has 0 unspecified atom stereocenters. The first-order valence-electron chi connectivity index (χ1n) is 5.44. The summed E-state index contributed by atoms with van der Waals surface area (Å²) in [7, 11) is 0. The second-order valence-corrected chi connectivity index (χ2v) is 4.10. The van der Waals surface area contributed by atoms with Crippen LogP contribution in [0, 0.1) is 12.7 Å². The van der Waals surface area contributed by atoms with Gasteiger partial charge in [0.2, 0.25) is 0 Å². The molecule has 0 aliphatic heterocycles. The molecule has 0 radical (unpaired) electrons. The molecule has 0 bridgehead atoms. The van der Waals surface area contributed by atoms with Crippen LogP contribution in [-0.4, -0.2) is 9.97 Å². The number of benzene rings is 2. The highest BCUT2D eigenvalue weighted by molar-refractivity contribution is 5.84. The fourth-order valence-corrected chi connectivity index (χ4v) is 2.04. The van der Waals surface area contributed by atoms with E-state index in [-0.39, 0.29) is 5.82 Å². The molecule has 1 heterocycles. The van der Waals surface area contributed by atoms with E-state index in [1.165, 1.54) is 12.1 Å². The number of nitrogens with zero attached hydrogens (tertiary/aromatic N) is 1. The molecule has 0 aliphatic rings. The standard InChI is InChI=1S/C14H11FN2/c1-9-6-11(7-13-14(9)17-8-16-13)10-2-4-12(15)5-3-10/h2-8H,1H3,(H,16,17). The summed E-state index contributed by atoms with van der Waals surface area (Å²) in [5.74, 6) is -0.215. The number of aryl methyl sites for hydroxylation is 1. The quantitative estimate of drug-likeness (QED) is 0.673. The van der Waals surface area contributed by atoms with Gasteiger partial charge in [-0.1, -0.05) is 12.1 Å². The number of rotatable bonds is 1.